The molecule has 1 amide bonds. The summed E-state index contributed by atoms with van der Waals surface area (Å²) in [6.45, 7) is 4.33. The third-order valence-electron chi connectivity index (χ3n) is 11.4. The van der Waals surface area contributed by atoms with Crippen molar-refractivity contribution < 1.29 is 38.5 Å². The van der Waals surface area contributed by atoms with Crippen LogP contribution in [0.4, 0.5) is 0 Å². The van der Waals surface area contributed by atoms with Gasteiger partial charge in [0.1, 0.15) is 5.60 Å². The Hall–Kier alpha value is -3.20. The zero-order chi connectivity index (χ0) is 29.7. The molecule has 0 aromatic heterocycles. The Morgan fingerprint density at radius 2 is 1.79 bits per heavy atom. The van der Waals surface area contributed by atoms with E-state index in [1.807, 2.05) is 19.1 Å². The van der Waals surface area contributed by atoms with E-state index in [-0.39, 0.29) is 49.2 Å². The molecular formula is C33H41NO8. The molecule has 6 atom stereocenters. The third kappa shape index (κ3) is 4.83. The minimum Gasteiger partial charge on any atom is -0.458 e. The number of amides is 1. The number of Topliss-reactive ketones (excluding diaryl/α,β-unsaturated/α-hetero) is 1. The number of carbonyl (C=O) groups excluding carboxylic acids is 4. The van der Waals surface area contributed by atoms with Crippen molar-refractivity contribution in [2.45, 2.75) is 90.2 Å². The molecule has 226 valence electrons. The zero-order valence-electron chi connectivity index (χ0n) is 24.5. The fraction of sp³-hybridized carbons (Fsp3) is 0.636. The van der Waals surface area contributed by atoms with Crippen LogP contribution in [0.5, 0.6) is 11.5 Å². The molecule has 1 heterocycles. The highest BCUT2D eigenvalue weighted by molar-refractivity contribution is 5.92. The monoisotopic (exact) mass is 579 g/mol. The molecular weight excluding hydrogens is 538 g/mol. The zero-order valence-corrected chi connectivity index (χ0v) is 24.5. The number of nitrogens with one attached hydrogen (secondary N) is 1. The molecule has 0 spiro atoms. The molecule has 0 radical (unpaired) electrons. The number of carbonyl (C=O) groups is 4. The van der Waals surface area contributed by atoms with Crippen molar-refractivity contribution in [2.24, 2.45) is 28.6 Å². The molecule has 9 nitrogen and oxygen atoms in total. The normalized spacial score (nSPS) is 34.5. The van der Waals surface area contributed by atoms with Crippen molar-refractivity contribution in [3.8, 4) is 11.5 Å². The van der Waals surface area contributed by atoms with Gasteiger partial charge < -0.3 is 24.6 Å². The average molecular weight is 580 g/mol. The summed E-state index contributed by atoms with van der Waals surface area (Å²) in [5.41, 5.74) is 0.0505. The van der Waals surface area contributed by atoms with Gasteiger partial charge in [0, 0.05) is 24.8 Å². The van der Waals surface area contributed by atoms with Crippen molar-refractivity contribution in [3.63, 3.8) is 0 Å². The molecule has 9 heteroatoms. The quantitative estimate of drug-likeness (QED) is 0.439. The molecule has 3 saturated carbocycles. The van der Waals surface area contributed by atoms with E-state index in [4.69, 9.17) is 14.2 Å². The number of hydrogen-bond donors (Lipinski definition) is 2. The number of allylic oxidation sites excluding steroid dienone is 1. The van der Waals surface area contributed by atoms with E-state index in [1.165, 1.54) is 5.57 Å². The summed E-state index contributed by atoms with van der Waals surface area (Å²) in [6, 6.07) is 5.42. The summed E-state index contributed by atoms with van der Waals surface area (Å²) in [4.78, 5) is 50.2. The second kappa shape index (κ2) is 10.8. The van der Waals surface area contributed by atoms with E-state index in [0.717, 1.165) is 44.1 Å². The van der Waals surface area contributed by atoms with Crippen molar-refractivity contribution in [1.82, 2.24) is 5.32 Å². The first-order valence-electron chi connectivity index (χ1n) is 15.3. The van der Waals surface area contributed by atoms with Crippen LogP contribution in [0.2, 0.25) is 0 Å². The number of aliphatic hydroxyl groups is 1. The van der Waals surface area contributed by atoms with Gasteiger partial charge in [0.15, 0.2) is 23.9 Å². The summed E-state index contributed by atoms with van der Waals surface area (Å²) < 4.78 is 15.9. The van der Waals surface area contributed by atoms with Crippen molar-refractivity contribution in [2.75, 3.05) is 13.4 Å². The molecule has 0 bridgehead atoms. The van der Waals surface area contributed by atoms with E-state index >= 15 is 0 Å². The Balaban J connectivity index is 0.998. The Kier molecular flexibility index (Phi) is 7.44. The molecule has 0 saturated heterocycles. The number of benzene rings is 1. The molecule has 42 heavy (non-hydrogen) atoms. The van der Waals surface area contributed by atoms with Crippen molar-refractivity contribution >= 4 is 23.4 Å². The number of esters is 1. The van der Waals surface area contributed by atoms with E-state index < -0.39 is 29.4 Å². The highest BCUT2D eigenvalue weighted by Crippen LogP contribution is 2.67. The van der Waals surface area contributed by atoms with Gasteiger partial charge >= 0.3 is 5.97 Å². The predicted molar refractivity (Wildman–Crippen MR) is 151 cm³/mol. The van der Waals surface area contributed by atoms with Crippen molar-refractivity contribution in [3.05, 3.63) is 35.4 Å². The molecule has 3 fully saturated rings. The Morgan fingerprint density at radius 1 is 1.00 bits per heavy atom. The number of ketones is 2. The first kappa shape index (κ1) is 28.9. The molecule has 1 aliphatic heterocycles. The number of hydrogen-bond acceptors (Lipinski definition) is 8. The second-order valence-electron chi connectivity index (χ2n) is 13.4. The maximum absolute atomic E-state index is 13.4. The number of fused-ring (bicyclic) bond motifs is 6. The number of ether oxygens (including phenoxy) is 3. The molecule has 0 unspecified atom stereocenters. The average Bonchev–Trinajstić information content (AvgIpc) is 3.56. The summed E-state index contributed by atoms with van der Waals surface area (Å²) >= 11 is 0. The van der Waals surface area contributed by atoms with Crippen LogP contribution in [0.1, 0.15) is 83.6 Å². The van der Waals surface area contributed by atoms with Crippen LogP contribution >= 0.6 is 0 Å². The largest absolute Gasteiger partial charge is 0.458 e. The van der Waals surface area contributed by atoms with Gasteiger partial charge in [-0.25, -0.2) is 0 Å². The minimum atomic E-state index is -1.54. The second-order valence-corrected chi connectivity index (χ2v) is 13.4. The molecule has 1 aromatic carbocycles. The summed E-state index contributed by atoms with van der Waals surface area (Å²) in [5, 5.41) is 14.6. The highest BCUT2D eigenvalue weighted by atomic mass is 16.7. The standard InChI is InChI=1S/C33H41NO8/c1-31-12-9-22(35)16-21(31)4-5-23-24(31)10-13-32(2)25(23)11-14-33(32,39)28(36)18-40-30(38)8-7-29(37)34-17-20-3-6-26-27(15-20)42-19-41-26/h3,6,15-16,23-25,39H,4-5,7-14,17-19H2,1-2H3,(H,34,37)/t23-,24+,25+,31-,32-,33-/m0/s1. The Bertz CT molecular complexity index is 1340. The topological polar surface area (TPSA) is 128 Å². The third-order valence-corrected chi connectivity index (χ3v) is 11.4. The summed E-state index contributed by atoms with van der Waals surface area (Å²) in [7, 11) is 0. The lowest BCUT2D eigenvalue weighted by molar-refractivity contribution is -0.170. The SMILES string of the molecule is C[C@]12CCC(=O)C=C1CC[C@H]1[C@H]2CC[C@@]2(C)[C@@H]1CC[C@]2(O)C(=O)COC(=O)CCC(=O)NCc1ccc2c(c1)OCO2. The van der Waals surface area contributed by atoms with Crippen LogP contribution in [0.3, 0.4) is 0 Å². The van der Waals surface area contributed by atoms with Gasteiger partial charge in [0.05, 0.1) is 6.42 Å². The fourth-order valence-corrected chi connectivity index (χ4v) is 8.93. The first-order valence-corrected chi connectivity index (χ1v) is 15.3. The molecule has 5 aliphatic rings. The van der Waals surface area contributed by atoms with Crippen LogP contribution in [-0.2, 0) is 30.5 Å². The lowest BCUT2D eigenvalue weighted by Crippen LogP contribution is -2.58. The first-order chi connectivity index (χ1) is 20.0. The summed E-state index contributed by atoms with van der Waals surface area (Å²) in [5.74, 6) is 1.21. The van der Waals surface area contributed by atoms with Gasteiger partial charge in [-0.15, -0.1) is 0 Å². The molecule has 6 rings (SSSR count). The van der Waals surface area contributed by atoms with E-state index in [0.29, 0.717) is 36.2 Å². The lowest BCUT2D eigenvalue weighted by Gasteiger charge is -2.58. The van der Waals surface area contributed by atoms with Crippen LogP contribution in [0, 0.1) is 28.6 Å². The van der Waals surface area contributed by atoms with E-state index in [9.17, 15) is 24.3 Å². The fourth-order valence-electron chi connectivity index (χ4n) is 8.93. The van der Waals surface area contributed by atoms with Gasteiger partial charge in [-0.1, -0.05) is 25.5 Å². The maximum Gasteiger partial charge on any atom is 0.306 e. The highest BCUT2D eigenvalue weighted by Gasteiger charge is 2.66. The Labute approximate surface area is 246 Å². The minimum absolute atomic E-state index is 0.0230. The van der Waals surface area contributed by atoms with E-state index in [1.54, 1.807) is 12.1 Å². The van der Waals surface area contributed by atoms with E-state index in [2.05, 4.69) is 12.2 Å². The van der Waals surface area contributed by atoms with Crippen LogP contribution in [0.25, 0.3) is 0 Å². The van der Waals surface area contributed by atoms with Gasteiger partial charge in [-0.05, 0) is 91.9 Å². The van der Waals surface area contributed by atoms with Crippen LogP contribution in [0.15, 0.2) is 29.8 Å². The maximum atomic E-state index is 13.4. The Morgan fingerprint density at radius 3 is 2.62 bits per heavy atom. The lowest BCUT2D eigenvalue weighted by atomic mass is 9.46. The van der Waals surface area contributed by atoms with Gasteiger partial charge in [-0.3, -0.25) is 19.2 Å². The molecule has 2 N–H and O–H groups in total. The van der Waals surface area contributed by atoms with Gasteiger partial charge in [0.25, 0.3) is 0 Å². The van der Waals surface area contributed by atoms with Crippen LogP contribution in [-0.4, -0.2) is 47.6 Å². The van der Waals surface area contributed by atoms with Crippen LogP contribution < -0.4 is 14.8 Å². The number of rotatable bonds is 8. The predicted octanol–water partition coefficient (Wildman–Crippen LogP) is 4.19. The van der Waals surface area contributed by atoms with Crippen molar-refractivity contribution in [1.29, 1.82) is 0 Å². The summed E-state index contributed by atoms with van der Waals surface area (Å²) in [6.07, 6.45) is 7.83. The molecule has 4 aliphatic carbocycles. The molecule has 1 aromatic rings. The van der Waals surface area contributed by atoms with Gasteiger partial charge in [-0.2, -0.15) is 0 Å². The van der Waals surface area contributed by atoms with Gasteiger partial charge in [0.2, 0.25) is 18.5 Å². The smallest absolute Gasteiger partial charge is 0.306 e.